The first-order chi connectivity index (χ1) is 9.99. The minimum Gasteiger partial charge on any atom is -0.493 e. The van der Waals surface area contributed by atoms with Crippen LogP contribution in [0.15, 0.2) is 29.4 Å². The number of aromatic nitrogens is 3. The van der Waals surface area contributed by atoms with E-state index in [1.165, 1.54) is 0 Å². The lowest BCUT2D eigenvalue weighted by Crippen LogP contribution is -2.10. The lowest BCUT2D eigenvalue weighted by Gasteiger charge is -2.08. The molecule has 0 amide bonds. The van der Waals surface area contributed by atoms with Gasteiger partial charge in [-0.2, -0.15) is 4.98 Å². The van der Waals surface area contributed by atoms with E-state index in [0.29, 0.717) is 19.4 Å². The van der Waals surface area contributed by atoms with Gasteiger partial charge in [-0.05, 0) is 31.4 Å². The molecule has 0 saturated carbocycles. The van der Waals surface area contributed by atoms with Crippen molar-refractivity contribution in [1.29, 1.82) is 0 Å². The zero-order valence-electron chi connectivity index (χ0n) is 11.7. The average Bonchev–Trinajstić information content (AvgIpc) is 2.88. The summed E-state index contributed by atoms with van der Waals surface area (Å²) in [5.41, 5.74) is 6.35. The van der Waals surface area contributed by atoms with Gasteiger partial charge < -0.3 is 10.5 Å². The van der Waals surface area contributed by atoms with E-state index in [1.807, 2.05) is 31.2 Å². The number of aromatic amines is 1. The zero-order valence-corrected chi connectivity index (χ0v) is 12.6. The van der Waals surface area contributed by atoms with E-state index < -0.39 is 9.84 Å². The third-order valence-corrected chi connectivity index (χ3v) is 4.53. The molecule has 0 atom stereocenters. The maximum Gasteiger partial charge on any atom is 0.244 e. The number of unbranched alkanes of at least 4 members (excludes halogenated alkanes) is 1. The van der Waals surface area contributed by atoms with Gasteiger partial charge in [0.15, 0.2) is 0 Å². The Bertz CT molecular complexity index is 697. The SMILES string of the molecule is Cc1ccccc1OCCCCS(=O)(=O)c1nc(N)n[nH]1. The number of para-hydroxylation sites is 1. The van der Waals surface area contributed by atoms with Crippen LogP contribution in [0.1, 0.15) is 18.4 Å². The van der Waals surface area contributed by atoms with Crippen molar-refractivity contribution in [2.24, 2.45) is 0 Å². The van der Waals surface area contributed by atoms with E-state index in [1.54, 1.807) is 0 Å². The molecule has 0 aliphatic heterocycles. The Labute approximate surface area is 123 Å². The van der Waals surface area contributed by atoms with E-state index in [-0.39, 0.29) is 16.9 Å². The second-order valence-corrected chi connectivity index (χ2v) is 6.66. The van der Waals surface area contributed by atoms with Crippen molar-refractivity contribution in [2.45, 2.75) is 24.9 Å². The van der Waals surface area contributed by atoms with E-state index in [9.17, 15) is 8.42 Å². The van der Waals surface area contributed by atoms with Crippen molar-refractivity contribution >= 4 is 15.8 Å². The first kappa shape index (κ1) is 15.3. The maximum absolute atomic E-state index is 11.9. The predicted octanol–water partition coefficient (Wildman–Crippen LogP) is 1.33. The summed E-state index contributed by atoms with van der Waals surface area (Å²) < 4.78 is 29.4. The molecule has 0 bridgehead atoms. The van der Waals surface area contributed by atoms with E-state index >= 15 is 0 Å². The standard InChI is InChI=1S/C13H18N4O3S/c1-10-6-2-3-7-11(10)20-8-4-5-9-21(18,19)13-15-12(14)16-17-13/h2-3,6-7H,4-5,8-9H2,1H3,(H3,14,15,16,17). The molecular formula is C13H18N4O3S. The number of rotatable bonds is 7. The summed E-state index contributed by atoms with van der Waals surface area (Å²) in [4.78, 5) is 3.63. The third kappa shape index (κ3) is 4.19. The predicted molar refractivity (Wildman–Crippen MR) is 78.8 cm³/mol. The number of sulfone groups is 1. The Morgan fingerprint density at radius 3 is 2.71 bits per heavy atom. The van der Waals surface area contributed by atoms with Gasteiger partial charge in [0, 0.05) is 0 Å². The summed E-state index contributed by atoms with van der Waals surface area (Å²) in [5.74, 6) is 0.735. The van der Waals surface area contributed by atoms with Crippen LogP contribution in [0.25, 0.3) is 0 Å². The van der Waals surface area contributed by atoms with Gasteiger partial charge in [0.1, 0.15) is 5.75 Å². The fourth-order valence-electron chi connectivity index (χ4n) is 1.79. The molecule has 0 unspecified atom stereocenters. The zero-order chi connectivity index (χ0) is 15.3. The van der Waals surface area contributed by atoms with Crippen LogP contribution in [0, 0.1) is 6.92 Å². The number of ether oxygens (including phenoxy) is 1. The molecule has 114 valence electrons. The second-order valence-electron chi connectivity index (χ2n) is 4.64. The molecule has 2 aromatic rings. The quantitative estimate of drug-likeness (QED) is 0.746. The van der Waals surface area contributed by atoms with Gasteiger partial charge in [0.05, 0.1) is 12.4 Å². The van der Waals surface area contributed by atoms with Gasteiger partial charge in [-0.1, -0.05) is 18.2 Å². The number of H-pyrrole nitrogens is 1. The normalized spacial score (nSPS) is 11.5. The fraction of sp³-hybridized carbons (Fsp3) is 0.385. The molecular weight excluding hydrogens is 292 g/mol. The third-order valence-electron chi connectivity index (χ3n) is 2.94. The second kappa shape index (κ2) is 6.57. The van der Waals surface area contributed by atoms with Crippen LogP contribution in [0.5, 0.6) is 5.75 Å². The molecule has 0 aliphatic rings. The van der Waals surface area contributed by atoms with Crippen molar-refractivity contribution in [3.63, 3.8) is 0 Å². The molecule has 0 radical (unpaired) electrons. The number of nitrogens with zero attached hydrogens (tertiary/aromatic N) is 2. The average molecular weight is 310 g/mol. The van der Waals surface area contributed by atoms with Crippen LogP contribution in [-0.4, -0.2) is 36.0 Å². The van der Waals surface area contributed by atoms with E-state index in [4.69, 9.17) is 10.5 Å². The summed E-state index contributed by atoms with van der Waals surface area (Å²) in [6.45, 7) is 2.44. The first-order valence-electron chi connectivity index (χ1n) is 6.58. The highest BCUT2D eigenvalue weighted by molar-refractivity contribution is 7.91. The molecule has 8 heteroatoms. The van der Waals surface area contributed by atoms with Crippen molar-refractivity contribution in [3.8, 4) is 5.75 Å². The molecule has 0 saturated heterocycles. The monoisotopic (exact) mass is 310 g/mol. The Kier molecular flexibility index (Phi) is 4.79. The van der Waals surface area contributed by atoms with Crippen LogP contribution >= 0.6 is 0 Å². The summed E-state index contributed by atoms with van der Waals surface area (Å²) in [7, 11) is -3.46. The van der Waals surface area contributed by atoms with Crippen LogP contribution in [0.2, 0.25) is 0 Å². The molecule has 1 aromatic carbocycles. The van der Waals surface area contributed by atoms with Gasteiger partial charge in [0.25, 0.3) is 0 Å². The number of nitrogen functional groups attached to an aromatic ring is 1. The van der Waals surface area contributed by atoms with Crippen molar-refractivity contribution in [1.82, 2.24) is 15.2 Å². The molecule has 2 rings (SSSR count). The summed E-state index contributed by atoms with van der Waals surface area (Å²) >= 11 is 0. The van der Waals surface area contributed by atoms with Crippen LogP contribution < -0.4 is 10.5 Å². The molecule has 1 heterocycles. The minimum absolute atomic E-state index is 0.0151. The molecule has 0 aliphatic carbocycles. The van der Waals surface area contributed by atoms with Crippen molar-refractivity contribution in [3.05, 3.63) is 29.8 Å². The number of nitrogens with two attached hydrogens (primary N) is 1. The molecule has 3 N–H and O–H groups in total. The lowest BCUT2D eigenvalue weighted by atomic mass is 10.2. The number of benzene rings is 1. The van der Waals surface area contributed by atoms with Gasteiger partial charge in [-0.15, -0.1) is 5.10 Å². The Balaban J connectivity index is 1.76. The summed E-state index contributed by atoms with van der Waals surface area (Å²) in [6.07, 6.45) is 1.12. The smallest absolute Gasteiger partial charge is 0.244 e. The molecule has 0 fully saturated rings. The largest absolute Gasteiger partial charge is 0.493 e. The number of aryl methyl sites for hydroxylation is 1. The molecule has 7 nitrogen and oxygen atoms in total. The van der Waals surface area contributed by atoms with Gasteiger partial charge in [-0.3, -0.25) is 0 Å². The minimum atomic E-state index is -3.46. The first-order valence-corrected chi connectivity index (χ1v) is 8.23. The fourth-order valence-corrected chi connectivity index (χ4v) is 2.98. The summed E-state index contributed by atoms with van der Waals surface area (Å²) in [5, 5.41) is 5.65. The number of anilines is 1. The lowest BCUT2D eigenvalue weighted by molar-refractivity contribution is 0.307. The highest BCUT2D eigenvalue weighted by Gasteiger charge is 2.18. The molecule has 21 heavy (non-hydrogen) atoms. The van der Waals surface area contributed by atoms with Gasteiger partial charge in [0.2, 0.25) is 20.9 Å². The highest BCUT2D eigenvalue weighted by Crippen LogP contribution is 2.16. The topological polar surface area (TPSA) is 111 Å². The van der Waals surface area contributed by atoms with E-state index in [0.717, 1.165) is 11.3 Å². The number of nitrogens with one attached hydrogen (secondary N) is 1. The Hall–Kier alpha value is -2.09. The maximum atomic E-state index is 11.9. The van der Waals surface area contributed by atoms with E-state index in [2.05, 4.69) is 15.2 Å². The van der Waals surface area contributed by atoms with Gasteiger partial charge >= 0.3 is 0 Å². The number of hydrogen-bond donors (Lipinski definition) is 2. The van der Waals surface area contributed by atoms with Crippen molar-refractivity contribution in [2.75, 3.05) is 18.1 Å². The summed E-state index contributed by atoms with van der Waals surface area (Å²) in [6, 6.07) is 7.70. The molecule has 1 aromatic heterocycles. The Morgan fingerprint density at radius 1 is 1.29 bits per heavy atom. The van der Waals surface area contributed by atoms with Gasteiger partial charge in [-0.25, -0.2) is 13.5 Å². The van der Waals surface area contributed by atoms with Crippen molar-refractivity contribution < 1.29 is 13.2 Å². The number of hydrogen-bond acceptors (Lipinski definition) is 6. The molecule has 0 spiro atoms. The Morgan fingerprint density at radius 2 is 2.05 bits per heavy atom. The van der Waals surface area contributed by atoms with Crippen LogP contribution in [0.3, 0.4) is 0 Å². The van der Waals surface area contributed by atoms with Crippen LogP contribution in [-0.2, 0) is 9.84 Å². The van der Waals surface area contributed by atoms with Crippen LogP contribution in [0.4, 0.5) is 5.95 Å². The highest BCUT2D eigenvalue weighted by atomic mass is 32.2.